The van der Waals surface area contributed by atoms with Crippen LogP contribution in [0.5, 0.6) is 0 Å². The van der Waals surface area contributed by atoms with Crippen molar-refractivity contribution in [2.45, 2.75) is 45.1 Å². The summed E-state index contributed by atoms with van der Waals surface area (Å²) in [5.41, 5.74) is 3.61. The largest absolute Gasteiger partial charge is 0.369 e. The number of benzene rings is 3. The second kappa shape index (κ2) is 13.0. The lowest BCUT2D eigenvalue weighted by Crippen LogP contribution is -2.38. The van der Waals surface area contributed by atoms with E-state index in [0.717, 1.165) is 42.5 Å². The first-order valence-corrected chi connectivity index (χ1v) is 14.5. The van der Waals surface area contributed by atoms with Crippen molar-refractivity contribution in [3.8, 4) is 0 Å². The van der Waals surface area contributed by atoms with E-state index in [2.05, 4.69) is 15.5 Å². The fourth-order valence-corrected chi connectivity index (χ4v) is 5.38. The summed E-state index contributed by atoms with van der Waals surface area (Å²) >= 11 is 0. The second-order valence-electron chi connectivity index (χ2n) is 10.8. The molecule has 1 atom stereocenters. The topological polar surface area (TPSA) is 81.8 Å². The molecule has 3 amide bonds. The van der Waals surface area contributed by atoms with E-state index in [9.17, 15) is 18.8 Å². The number of hydrogen-bond acceptors (Lipinski definition) is 4. The van der Waals surface area contributed by atoms with Crippen molar-refractivity contribution >= 4 is 29.1 Å². The number of amides is 3. The van der Waals surface area contributed by atoms with E-state index in [-0.39, 0.29) is 41.9 Å². The Kier molecular flexibility index (Phi) is 8.97. The summed E-state index contributed by atoms with van der Waals surface area (Å²) in [6.07, 6.45) is 3.28. The van der Waals surface area contributed by atoms with Gasteiger partial charge in [-0.2, -0.15) is 0 Å². The van der Waals surface area contributed by atoms with Crippen LogP contribution in [-0.2, 0) is 16.1 Å². The zero-order valence-electron chi connectivity index (χ0n) is 23.4. The number of nitrogens with one attached hydrogen (secondary N) is 2. The molecule has 0 aromatic heterocycles. The molecular weight excluding hydrogens is 519 g/mol. The van der Waals surface area contributed by atoms with Gasteiger partial charge in [0.25, 0.3) is 5.91 Å². The van der Waals surface area contributed by atoms with Crippen molar-refractivity contribution in [3.05, 3.63) is 95.3 Å². The van der Waals surface area contributed by atoms with Gasteiger partial charge in [-0.05, 0) is 67.1 Å². The zero-order valence-corrected chi connectivity index (χ0v) is 23.4. The number of rotatable bonds is 9. The molecule has 0 spiro atoms. The van der Waals surface area contributed by atoms with Gasteiger partial charge in [-0.25, -0.2) is 4.39 Å². The third kappa shape index (κ3) is 7.12. The van der Waals surface area contributed by atoms with Crippen molar-refractivity contribution in [3.63, 3.8) is 0 Å². The molecule has 2 fully saturated rings. The van der Waals surface area contributed by atoms with Crippen molar-refractivity contribution < 1.29 is 18.8 Å². The number of hydrogen-bond donors (Lipinski definition) is 2. The molecule has 214 valence electrons. The van der Waals surface area contributed by atoms with Gasteiger partial charge in [-0.3, -0.25) is 14.4 Å². The van der Waals surface area contributed by atoms with Crippen LogP contribution in [0.3, 0.4) is 0 Å². The zero-order chi connectivity index (χ0) is 28.8. The quantitative estimate of drug-likeness (QED) is 0.373. The molecule has 0 unspecified atom stereocenters. The molecule has 1 aliphatic carbocycles. The number of anilines is 2. The molecule has 3 aromatic rings. The summed E-state index contributed by atoms with van der Waals surface area (Å²) in [6.45, 7) is 4.78. The van der Waals surface area contributed by atoms with Crippen molar-refractivity contribution in [1.29, 1.82) is 0 Å². The highest BCUT2D eigenvalue weighted by Crippen LogP contribution is 2.32. The molecule has 0 bridgehead atoms. The van der Waals surface area contributed by atoms with Gasteiger partial charge in [0.05, 0.1) is 11.5 Å². The van der Waals surface area contributed by atoms with Gasteiger partial charge in [0.15, 0.2) is 0 Å². The molecule has 5 rings (SSSR count). The Hall–Kier alpha value is -4.20. The average molecular weight is 557 g/mol. The van der Waals surface area contributed by atoms with Crippen LogP contribution in [0.25, 0.3) is 0 Å². The first-order chi connectivity index (χ1) is 19.9. The molecule has 8 heteroatoms. The van der Waals surface area contributed by atoms with Crippen LogP contribution in [0, 0.1) is 11.7 Å². The summed E-state index contributed by atoms with van der Waals surface area (Å²) in [7, 11) is 0. The van der Waals surface area contributed by atoms with Gasteiger partial charge in [0.2, 0.25) is 11.8 Å². The Labute approximate surface area is 240 Å². The summed E-state index contributed by atoms with van der Waals surface area (Å²) in [4.78, 5) is 43.5. The predicted octanol–water partition coefficient (Wildman–Crippen LogP) is 5.34. The first kappa shape index (κ1) is 28.3. The molecule has 0 radical (unpaired) electrons. The third-order valence-corrected chi connectivity index (χ3v) is 7.88. The Morgan fingerprint density at radius 3 is 2.39 bits per heavy atom. The molecule has 1 saturated carbocycles. The van der Waals surface area contributed by atoms with Gasteiger partial charge in [0.1, 0.15) is 5.82 Å². The minimum Gasteiger partial charge on any atom is -0.369 e. The highest BCUT2D eigenvalue weighted by Gasteiger charge is 2.30. The monoisotopic (exact) mass is 556 g/mol. The van der Waals surface area contributed by atoms with Crippen LogP contribution in [0.4, 0.5) is 15.8 Å². The Balaban J connectivity index is 1.33. The van der Waals surface area contributed by atoms with Crippen molar-refractivity contribution in [1.82, 2.24) is 10.2 Å². The maximum atomic E-state index is 13.5. The van der Waals surface area contributed by atoms with E-state index in [1.54, 1.807) is 18.2 Å². The summed E-state index contributed by atoms with van der Waals surface area (Å²) in [5, 5.41) is 5.89. The number of halogens is 1. The van der Waals surface area contributed by atoms with Crippen molar-refractivity contribution in [2.75, 3.05) is 36.4 Å². The van der Waals surface area contributed by atoms with E-state index in [1.807, 2.05) is 54.3 Å². The maximum Gasteiger partial charge on any atom is 0.253 e. The minimum atomic E-state index is -0.329. The van der Waals surface area contributed by atoms with Crippen LogP contribution in [-0.4, -0.2) is 48.8 Å². The second-order valence-corrected chi connectivity index (χ2v) is 10.8. The van der Waals surface area contributed by atoms with Gasteiger partial charge in [-0.1, -0.05) is 49.4 Å². The molecule has 1 heterocycles. The molecule has 1 saturated heterocycles. The normalized spacial score (nSPS) is 16.0. The van der Waals surface area contributed by atoms with E-state index in [4.69, 9.17) is 0 Å². The van der Waals surface area contributed by atoms with Gasteiger partial charge in [-0.15, -0.1) is 0 Å². The highest BCUT2D eigenvalue weighted by molar-refractivity contribution is 6.02. The number of nitrogens with zero attached hydrogens (tertiary/aromatic N) is 2. The van der Waals surface area contributed by atoms with Crippen LogP contribution in [0.1, 0.15) is 60.0 Å². The van der Waals surface area contributed by atoms with E-state index >= 15 is 0 Å². The van der Waals surface area contributed by atoms with Crippen LogP contribution in [0.2, 0.25) is 0 Å². The number of carbonyl (C=O) groups is 3. The molecule has 2 aliphatic rings. The lowest BCUT2D eigenvalue weighted by Gasteiger charge is -2.28. The highest BCUT2D eigenvalue weighted by atomic mass is 19.1. The molecule has 41 heavy (non-hydrogen) atoms. The summed E-state index contributed by atoms with van der Waals surface area (Å²) < 4.78 is 13.3. The van der Waals surface area contributed by atoms with E-state index < -0.39 is 0 Å². The van der Waals surface area contributed by atoms with Crippen LogP contribution in [0.15, 0.2) is 72.8 Å². The third-order valence-electron chi connectivity index (χ3n) is 7.88. The Bertz CT molecular complexity index is 1370. The summed E-state index contributed by atoms with van der Waals surface area (Å²) in [6, 6.07) is 21.4. The molecule has 1 aliphatic heterocycles. The average Bonchev–Trinajstić information content (AvgIpc) is 3.86. The fourth-order valence-electron chi connectivity index (χ4n) is 5.38. The lowest BCUT2D eigenvalue weighted by atomic mass is 9.95. The van der Waals surface area contributed by atoms with E-state index in [0.29, 0.717) is 37.4 Å². The predicted molar refractivity (Wildman–Crippen MR) is 158 cm³/mol. The SMILES string of the molecule is CC[C@@H](C(=O)N1CCCN(c2ccc(NC(=O)C3CC3)cc2C(=O)NCc2ccc(F)cc2)CC1)c1ccccc1. The number of carbonyl (C=O) groups excluding carboxylic acids is 3. The van der Waals surface area contributed by atoms with E-state index in [1.165, 1.54) is 12.1 Å². The molecular formula is C33H37FN4O3. The first-order valence-electron chi connectivity index (χ1n) is 14.5. The minimum absolute atomic E-state index is 0.0248. The molecule has 2 N–H and O–H groups in total. The lowest BCUT2D eigenvalue weighted by molar-refractivity contribution is -0.132. The van der Waals surface area contributed by atoms with Gasteiger partial charge < -0.3 is 20.4 Å². The van der Waals surface area contributed by atoms with Crippen molar-refractivity contribution in [2.24, 2.45) is 5.92 Å². The standard InChI is InChI=1S/C33H37FN4O3/c1-2-28(24-7-4-3-5-8-24)33(41)38-18-6-17-37(19-20-38)30-16-15-27(36-31(39)25-11-12-25)21-29(30)32(40)35-22-23-9-13-26(34)14-10-23/h3-5,7-10,13-16,21,25,28H,2,6,11-12,17-20,22H2,1H3,(H,35,40)(H,36,39)/t28-/m1/s1. The van der Waals surface area contributed by atoms with Gasteiger partial charge in [0, 0.05) is 50.0 Å². The maximum absolute atomic E-state index is 13.5. The Morgan fingerprint density at radius 2 is 1.68 bits per heavy atom. The molecule has 7 nitrogen and oxygen atoms in total. The fraction of sp³-hybridized carbons (Fsp3) is 0.364. The van der Waals surface area contributed by atoms with Gasteiger partial charge >= 0.3 is 0 Å². The molecule has 3 aromatic carbocycles. The van der Waals surface area contributed by atoms with Crippen LogP contribution < -0.4 is 15.5 Å². The summed E-state index contributed by atoms with van der Waals surface area (Å²) in [5.74, 6) is -0.630. The Morgan fingerprint density at radius 1 is 0.927 bits per heavy atom. The van der Waals surface area contributed by atoms with Crippen LogP contribution >= 0.6 is 0 Å². The smallest absolute Gasteiger partial charge is 0.253 e.